The van der Waals surface area contributed by atoms with E-state index in [9.17, 15) is 0 Å². The second kappa shape index (κ2) is 5.52. The third-order valence-corrected chi connectivity index (χ3v) is 2.70. The van der Waals surface area contributed by atoms with Crippen LogP contribution in [-0.4, -0.2) is 4.51 Å². The van der Waals surface area contributed by atoms with Gasteiger partial charge >= 0.3 is 0 Å². The van der Waals surface area contributed by atoms with Crippen LogP contribution in [0.15, 0.2) is 30.3 Å². The third kappa shape index (κ3) is 4.25. The summed E-state index contributed by atoms with van der Waals surface area (Å²) < 4.78 is 5.59. The van der Waals surface area contributed by atoms with Crippen molar-refractivity contribution in [1.29, 1.82) is 0 Å². The van der Waals surface area contributed by atoms with Crippen molar-refractivity contribution in [3.8, 4) is 0 Å². The lowest BCUT2D eigenvalue weighted by molar-refractivity contribution is 0.0257. The Morgan fingerprint density at radius 1 is 1.29 bits per heavy atom. The Kier molecular flexibility index (Phi) is 4.63. The quantitative estimate of drug-likeness (QED) is 0.721. The summed E-state index contributed by atoms with van der Waals surface area (Å²) in [4.78, 5) is 0. The Labute approximate surface area is 94.6 Å². The van der Waals surface area contributed by atoms with E-state index in [4.69, 9.17) is 4.74 Å². The van der Waals surface area contributed by atoms with Gasteiger partial charge in [-0.2, -0.15) is 0 Å². The molecule has 0 saturated heterocycles. The molecule has 1 nitrogen and oxygen atoms in total. The summed E-state index contributed by atoms with van der Waals surface area (Å²) in [5.74, 6) is 0. The molecule has 0 spiro atoms. The molecule has 0 N–H and O–H groups in total. The molecule has 1 rings (SSSR count). The van der Waals surface area contributed by atoms with Crippen molar-refractivity contribution >= 4 is 15.9 Å². The molecule has 0 amide bonds. The van der Waals surface area contributed by atoms with E-state index >= 15 is 0 Å². The second-order valence-electron chi connectivity index (χ2n) is 3.63. The molecule has 0 aromatic heterocycles. The van der Waals surface area contributed by atoms with Crippen molar-refractivity contribution in [2.24, 2.45) is 0 Å². The van der Waals surface area contributed by atoms with E-state index in [1.165, 1.54) is 5.56 Å². The maximum Gasteiger partial charge on any atom is 0.120 e. The van der Waals surface area contributed by atoms with Crippen molar-refractivity contribution in [2.45, 2.75) is 37.8 Å². The molecule has 1 aromatic rings. The zero-order chi connectivity index (χ0) is 10.4. The SMILES string of the molecule is CCCC(C)(Br)OCc1ccccc1. The maximum absolute atomic E-state index is 5.77. The fourth-order valence-electron chi connectivity index (χ4n) is 1.33. The van der Waals surface area contributed by atoms with Crippen LogP contribution in [0, 0.1) is 0 Å². The number of ether oxygens (including phenoxy) is 1. The third-order valence-electron chi connectivity index (χ3n) is 2.08. The van der Waals surface area contributed by atoms with Crippen LogP contribution in [0.5, 0.6) is 0 Å². The van der Waals surface area contributed by atoms with Gasteiger partial charge in [0.25, 0.3) is 0 Å². The van der Waals surface area contributed by atoms with E-state index < -0.39 is 0 Å². The molecule has 1 aromatic carbocycles. The normalized spacial score (nSPS) is 15.1. The van der Waals surface area contributed by atoms with Gasteiger partial charge in [0.05, 0.1) is 6.61 Å². The molecule has 0 saturated carbocycles. The zero-order valence-electron chi connectivity index (χ0n) is 8.79. The van der Waals surface area contributed by atoms with Gasteiger partial charge < -0.3 is 4.74 Å². The predicted molar refractivity (Wildman–Crippen MR) is 63.5 cm³/mol. The van der Waals surface area contributed by atoms with Crippen LogP contribution in [0.1, 0.15) is 32.3 Å². The second-order valence-corrected chi connectivity index (χ2v) is 5.30. The van der Waals surface area contributed by atoms with Crippen molar-refractivity contribution < 1.29 is 4.74 Å². The molecule has 2 heteroatoms. The van der Waals surface area contributed by atoms with E-state index in [1.54, 1.807) is 0 Å². The van der Waals surface area contributed by atoms with Crippen molar-refractivity contribution in [2.75, 3.05) is 0 Å². The van der Waals surface area contributed by atoms with E-state index in [-0.39, 0.29) is 4.51 Å². The van der Waals surface area contributed by atoms with Crippen LogP contribution >= 0.6 is 15.9 Å². The highest BCUT2D eigenvalue weighted by atomic mass is 79.9. The molecule has 1 unspecified atom stereocenters. The van der Waals surface area contributed by atoms with E-state index in [0.717, 1.165) is 12.8 Å². The molecule has 1 atom stereocenters. The molecule has 0 aliphatic heterocycles. The minimum atomic E-state index is -0.183. The summed E-state index contributed by atoms with van der Waals surface area (Å²) in [7, 11) is 0. The van der Waals surface area contributed by atoms with Gasteiger partial charge in [-0.05, 0) is 18.9 Å². The first-order valence-electron chi connectivity index (χ1n) is 5.01. The lowest BCUT2D eigenvalue weighted by atomic mass is 10.2. The molecule has 0 aliphatic carbocycles. The largest absolute Gasteiger partial charge is 0.359 e. The topological polar surface area (TPSA) is 9.23 Å². The van der Waals surface area contributed by atoms with Gasteiger partial charge in [-0.3, -0.25) is 0 Å². The predicted octanol–water partition coefficient (Wildman–Crippen LogP) is 4.11. The Morgan fingerprint density at radius 3 is 2.50 bits per heavy atom. The zero-order valence-corrected chi connectivity index (χ0v) is 10.4. The van der Waals surface area contributed by atoms with Gasteiger partial charge in [0.15, 0.2) is 0 Å². The van der Waals surface area contributed by atoms with Gasteiger partial charge in [-0.15, -0.1) is 0 Å². The molecular formula is C12H17BrO. The summed E-state index contributed by atoms with van der Waals surface area (Å²) in [6.07, 6.45) is 2.15. The van der Waals surface area contributed by atoms with Gasteiger partial charge in [-0.25, -0.2) is 0 Å². The fourth-order valence-corrected chi connectivity index (χ4v) is 1.84. The smallest absolute Gasteiger partial charge is 0.120 e. The summed E-state index contributed by atoms with van der Waals surface area (Å²) >= 11 is 3.58. The minimum absolute atomic E-state index is 0.183. The van der Waals surface area contributed by atoms with Gasteiger partial charge in [0.2, 0.25) is 0 Å². The van der Waals surface area contributed by atoms with Crippen molar-refractivity contribution in [1.82, 2.24) is 0 Å². The van der Waals surface area contributed by atoms with Crippen LogP contribution in [-0.2, 0) is 11.3 Å². The monoisotopic (exact) mass is 256 g/mol. The maximum atomic E-state index is 5.77. The Hall–Kier alpha value is -0.340. The Morgan fingerprint density at radius 2 is 1.93 bits per heavy atom. The van der Waals surface area contributed by atoms with Crippen LogP contribution in [0.25, 0.3) is 0 Å². The highest BCUT2D eigenvalue weighted by Crippen LogP contribution is 2.26. The van der Waals surface area contributed by atoms with Crippen LogP contribution < -0.4 is 0 Å². The molecule has 0 bridgehead atoms. The number of hydrogen-bond donors (Lipinski definition) is 0. The first kappa shape index (κ1) is 11.7. The molecule has 0 fully saturated rings. The number of halogens is 1. The molecule has 0 radical (unpaired) electrons. The fraction of sp³-hybridized carbons (Fsp3) is 0.500. The molecule has 0 heterocycles. The first-order valence-corrected chi connectivity index (χ1v) is 5.80. The number of benzene rings is 1. The van der Waals surface area contributed by atoms with Gasteiger partial charge in [0, 0.05) is 0 Å². The average Bonchev–Trinajstić information content (AvgIpc) is 2.17. The summed E-state index contributed by atoms with van der Waals surface area (Å²) in [5.41, 5.74) is 1.22. The van der Waals surface area contributed by atoms with Crippen LogP contribution in [0.2, 0.25) is 0 Å². The van der Waals surface area contributed by atoms with Crippen LogP contribution in [0.3, 0.4) is 0 Å². The first-order chi connectivity index (χ1) is 6.64. The minimum Gasteiger partial charge on any atom is -0.359 e. The molecular weight excluding hydrogens is 240 g/mol. The molecule has 0 aliphatic rings. The lowest BCUT2D eigenvalue weighted by Gasteiger charge is -2.22. The van der Waals surface area contributed by atoms with Gasteiger partial charge in [0.1, 0.15) is 4.51 Å². The molecule has 78 valence electrons. The van der Waals surface area contributed by atoms with Crippen molar-refractivity contribution in [3.63, 3.8) is 0 Å². The van der Waals surface area contributed by atoms with E-state index in [1.807, 2.05) is 18.2 Å². The van der Waals surface area contributed by atoms with E-state index in [2.05, 4.69) is 41.9 Å². The van der Waals surface area contributed by atoms with Gasteiger partial charge in [-0.1, -0.05) is 59.6 Å². The van der Waals surface area contributed by atoms with Crippen molar-refractivity contribution in [3.05, 3.63) is 35.9 Å². The summed E-state index contributed by atoms with van der Waals surface area (Å²) in [6.45, 7) is 4.90. The number of hydrogen-bond acceptors (Lipinski definition) is 1. The Balaban J connectivity index is 2.40. The number of alkyl halides is 1. The summed E-state index contributed by atoms with van der Waals surface area (Å²) in [5, 5.41) is 0. The highest BCUT2D eigenvalue weighted by Gasteiger charge is 2.18. The standard InChI is InChI=1S/C12H17BrO/c1-3-9-12(2,13)14-10-11-7-5-4-6-8-11/h4-8H,3,9-10H2,1-2H3. The average molecular weight is 257 g/mol. The lowest BCUT2D eigenvalue weighted by Crippen LogP contribution is -2.19. The Bertz CT molecular complexity index is 256. The highest BCUT2D eigenvalue weighted by molar-refractivity contribution is 9.10. The van der Waals surface area contributed by atoms with Crippen LogP contribution in [0.4, 0.5) is 0 Å². The van der Waals surface area contributed by atoms with E-state index in [0.29, 0.717) is 6.61 Å². The number of rotatable bonds is 5. The molecule has 14 heavy (non-hydrogen) atoms. The summed E-state index contributed by atoms with van der Waals surface area (Å²) in [6, 6.07) is 10.2.